The lowest BCUT2D eigenvalue weighted by Crippen LogP contribution is -2.10. The van der Waals surface area contributed by atoms with Gasteiger partial charge in [-0.25, -0.2) is 4.98 Å². The summed E-state index contributed by atoms with van der Waals surface area (Å²) in [5, 5.41) is 0. The van der Waals surface area contributed by atoms with Crippen molar-refractivity contribution < 1.29 is 4.74 Å². The molecule has 0 saturated carbocycles. The van der Waals surface area contributed by atoms with Crippen molar-refractivity contribution in [3.8, 4) is 5.75 Å². The lowest BCUT2D eigenvalue weighted by atomic mass is 9.80. The molecule has 1 heterocycles. The summed E-state index contributed by atoms with van der Waals surface area (Å²) in [5.41, 5.74) is 7.82. The number of aromatic amines is 1. The van der Waals surface area contributed by atoms with E-state index >= 15 is 0 Å². The molecule has 3 aromatic rings. The third-order valence-electron chi connectivity index (χ3n) is 4.67. The van der Waals surface area contributed by atoms with Gasteiger partial charge < -0.3 is 9.72 Å². The van der Waals surface area contributed by atoms with Gasteiger partial charge in [0.2, 0.25) is 0 Å². The average molecular weight is 316 g/mol. The van der Waals surface area contributed by atoms with Crippen LogP contribution < -0.4 is 4.74 Å². The first-order chi connectivity index (χ1) is 11.9. The van der Waals surface area contributed by atoms with Gasteiger partial charge in [-0.1, -0.05) is 48.0 Å². The van der Waals surface area contributed by atoms with Gasteiger partial charge >= 0.3 is 0 Å². The second-order valence-electron chi connectivity index (χ2n) is 6.08. The molecule has 120 valence electrons. The first-order valence-electron chi connectivity index (χ1n) is 8.28. The molecule has 0 fully saturated rings. The van der Waals surface area contributed by atoms with Crippen molar-refractivity contribution in [1.82, 2.24) is 9.97 Å². The minimum atomic E-state index is 0.904. The second-order valence-corrected chi connectivity index (χ2v) is 6.08. The Morgan fingerprint density at radius 2 is 1.92 bits per heavy atom. The smallest absolute Gasteiger partial charge is 0.122 e. The van der Waals surface area contributed by atoms with E-state index in [0.717, 1.165) is 30.7 Å². The van der Waals surface area contributed by atoms with Crippen molar-refractivity contribution >= 4 is 5.57 Å². The first kappa shape index (κ1) is 14.8. The van der Waals surface area contributed by atoms with Crippen LogP contribution >= 0.6 is 0 Å². The molecule has 3 heteroatoms. The quantitative estimate of drug-likeness (QED) is 0.774. The molecule has 0 aliphatic heterocycles. The summed E-state index contributed by atoms with van der Waals surface area (Å²) >= 11 is 0. The summed E-state index contributed by atoms with van der Waals surface area (Å²) in [6, 6.07) is 17.0. The first-order valence-corrected chi connectivity index (χ1v) is 8.28. The number of hydrogen-bond donors (Lipinski definition) is 1. The molecule has 0 bridgehead atoms. The van der Waals surface area contributed by atoms with Crippen LogP contribution in [0.15, 0.2) is 66.6 Å². The molecule has 0 radical (unpaired) electrons. The Balaban J connectivity index is 1.89. The summed E-state index contributed by atoms with van der Waals surface area (Å²) in [4.78, 5) is 7.39. The Labute approximate surface area is 142 Å². The van der Waals surface area contributed by atoms with Gasteiger partial charge in [0.1, 0.15) is 5.75 Å². The standard InChI is InChI=1S/C21H20N2O/c1-24-20-9-5-8-19-18(20)11-10-16(12-17-13-22-14-23-17)21(19)15-6-3-2-4-7-15/h2-9,13-14H,10-12H2,1H3,(H,22,23). The largest absolute Gasteiger partial charge is 0.496 e. The normalized spacial score (nSPS) is 13.7. The van der Waals surface area contributed by atoms with E-state index in [1.54, 1.807) is 13.4 Å². The zero-order chi connectivity index (χ0) is 16.4. The Morgan fingerprint density at radius 1 is 1.04 bits per heavy atom. The number of nitrogens with zero attached hydrogens (tertiary/aromatic N) is 1. The molecular formula is C21H20N2O. The van der Waals surface area contributed by atoms with E-state index in [1.165, 1.54) is 27.8 Å². The molecule has 3 nitrogen and oxygen atoms in total. The predicted octanol–water partition coefficient (Wildman–Crippen LogP) is 4.41. The van der Waals surface area contributed by atoms with E-state index in [0.29, 0.717) is 0 Å². The molecule has 4 rings (SSSR count). The highest BCUT2D eigenvalue weighted by Gasteiger charge is 2.23. The van der Waals surface area contributed by atoms with Crippen molar-refractivity contribution in [2.24, 2.45) is 0 Å². The molecule has 1 aromatic heterocycles. The van der Waals surface area contributed by atoms with Gasteiger partial charge in [-0.3, -0.25) is 0 Å². The van der Waals surface area contributed by atoms with E-state index in [1.807, 2.05) is 6.20 Å². The van der Waals surface area contributed by atoms with E-state index in [2.05, 4.69) is 58.5 Å². The fourth-order valence-electron chi connectivity index (χ4n) is 3.59. The lowest BCUT2D eigenvalue weighted by Gasteiger charge is -2.25. The van der Waals surface area contributed by atoms with Gasteiger partial charge in [-0.15, -0.1) is 0 Å². The number of rotatable bonds is 4. The summed E-state index contributed by atoms with van der Waals surface area (Å²) in [6.45, 7) is 0. The van der Waals surface area contributed by atoms with E-state index < -0.39 is 0 Å². The minimum Gasteiger partial charge on any atom is -0.496 e. The molecule has 0 amide bonds. The van der Waals surface area contributed by atoms with Crippen molar-refractivity contribution in [3.63, 3.8) is 0 Å². The number of H-pyrrole nitrogens is 1. The number of fused-ring (bicyclic) bond motifs is 1. The Kier molecular flexibility index (Phi) is 3.91. The van der Waals surface area contributed by atoms with E-state index in [9.17, 15) is 0 Å². The third-order valence-corrected chi connectivity index (χ3v) is 4.67. The van der Waals surface area contributed by atoms with Gasteiger partial charge in [0.05, 0.1) is 13.4 Å². The van der Waals surface area contributed by atoms with Gasteiger partial charge in [0.15, 0.2) is 0 Å². The van der Waals surface area contributed by atoms with Crippen LogP contribution in [0.25, 0.3) is 5.57 Å². The third kappa shape index (κ3) is 2.62. The number of nitrogens with one attached hydrogen (secondary N) is 1. The predicted molar refractivity (Wildman–Crippen MR) is 96.1 cm³/mol. The molecule has 0 unspecified atom stereocenters. The van der Waals surface area contributed by atoms with Crippen molar-refractivity contribution in [1.29, 1.82) is 0 Å². The summed E-state index contributed by atoms with van der Waals surface area (Å²) < 4.78 is 5.60. The van der Waals surface area contributed by atoms with Gasteiger partial charge in [0.25, 0.3) is 0 Å². The van der Waals surface area contributed by atoms with Crippen LogP contribution in [-0.2, 0) is 12.8 Å². The number of imidazole rings is 1. The number of hydrogen-bond acceptors (Lipinski definition) is 2. The lowest BCUT2D eigenvalue weighted by molar-refractivity contribution is 0.409. The topological polar surface area (TPSA) is 37.9 Å². The van der Waals surface area contributed by atoms with Gasteiger partial charge in [-0.2, -0.15) is 0 Å². The van der Waals surface area contributed by atoms with Crippen LogP contribution in [0.4, 0.5) is 0 Å². The molecule has 1 aliphatic carbocycles. The summed E-state index contributed by atoms with van der Waals surface area (Å²) in [7, 11) is 1.75. The van der Waals surface area contributed by atoms with E-state index in [-0.39, 0.29) is 0 Å². The Bertz CT molecular complexity index is 864. The zero-order valence-electron chi connectivity index (χ0n) is 13.8. The molecule has 1 N–H and O–H groups in total. The number of methoxy groups -OCH3 is 1. The van der Waals surface area contributed by atoms with Crippen LogP contribution in [0.1, 0.15) is 28.8 Å². The second kappa shape index (κ2) is 6.36. The molecular weight excluding hydrogens is 296 g/mol. The number of aromatic nitrogens is 2. The SMILES string of the molecule is COc1cccc2c1CCC(Cc1cnc[nH]1)=C2c1ccccc1. The van der Waals surface area contributed by atoms with Crippen molar-refractivity contribution in [2.75, 3.05) is 7.11 Å². The highest BCUT2D eigenvalue weighted by molar-refractivity contribution is 5.86. The molecule has 2 aromatic carbocycles. The van der Waals surface area contributed by atoms with E-state index in [4.69, 9.17) is 4.74 Å². The summed E-state index contributed by atoms with van der Waals surface area (Å²) in [6.07, 6.45) is 6.62. The fraction of sp³-hybridized carbons (Fsp3) is 0.190. The zero-order valence-corrected chi connectivity index (χ0v) is 13.8. The van der Waals surface area contributed by atoms with Crippen LogP contribution in [0.5, 0.6) is 5.75 Å². The van der Waals surface area contributed by atoms with Crippen molar-refractivity contribution in [3.05, 3.63) is 89.0 Å². The highest BCUT2D eigenvalue weighted by atomic mass is 16.5. The molecule has 0 spiro atoms. The van der Waals surface area contributed by atoms with Crippen molar-refractivity contribution in [2.45, 2.75) is 19.3 Å². The fourth-order valence-corrected chi connectivity index (χ4v) is 3.59. The summed E-state index contributed by atoms with van der Waals surface area (Å²) in [5.74, 6) is 0.988. The Morgan fingerprint density at radius 3 is 2.67 bits per heavy atom. The van der Waals surface area contributed by atoms with Gasteiger partial charge in [-0.05, 0) is 35.6 Å². The number of benzene rings is 2. The molecule has 0 saturated heterocycles. The van der Waals surface area contributed by atoms with Crippen LogP contribution in [0.2, 0.25) is 0 Å². The number of allylic oxidation sites excluding steroid dienone is 1. The monoisotopic (exact) mass is 316 g/mol. The maximum Gasteiger partial charge on any atom is 0.122 e. The van der Waals surface area contributed by atoms with Crippen LogP contribution in [0, 0.1) is 0 Å². The number of ether oxygens (including phenoxy) is 1. The Hall–Kier alpha value is -2.81. The molecule has 24 heavy (non-hydrogen) atoms. The minimum absolute atomic E-state index is 0.904. The average Bonchev–Trinajstić information content (AvgIpc) is 3.14. The maximum absolute atomic E-state index is 5.60. The van der Waals surface area contributed by atoms with Gasteiger partial charge in [0, 0.05) is 23.9 Å². The van der Waals surface area contributed by atoms with Crippen LogP contribution in [-0.4, -0.2) is 17.1 Å². The molecule has 0 atom stereocenters. The van der Waals surface area contributed by atoms with Crippen LogP contribution in [0.3, 0.4) is 0 Å². The maximum atomic E-state index is 5.60. The highest BCUT2D eigenvalue weighted by Crippen LogP contribution is 2.40. The molecule has 1 aliphatic rings.